The maximum atomic E-state index is 10.8. The van der Waals surface area contributed by atoms with Crippen molar-refractivity contribution in [2.75, 3.05) is 0 Å². The van der Waals surface area contributed by atoms with Crippen molar-refractivity contribution in [3.05, 3.63) is 0 Å². The van der Waals surface area contributed by atoms with Gasteiger partial charge >= 0.3 is 0 Å². The van der Waals surface area contributed by atoms with Gasteiger partial charge in [0.05, 0.1) is 0 Å². The molecule has 0 aromatic rings. The van der Waals surface area contributed by atoms with E-state index in [9.17, 15) is 9.59 Å². The summed E-state index contributed by atoms with van der Waals surface area (Å²) in [5.41, 5.74) is 0.0669. The van der Waals surface area contributed by atoms with Crippen LogP contribution in [0, 0.1) is 11.3 Å². The highest BCUT2D eigenvalue weighted by atomic mass is 16.2. The van der Waals surface area contributed by atoms with Gasteiger partial charge in [0.25, 0.3) is 5.91 Å². The first-order valence-electron chi connectivity index (χ1n) is 3.19. The van der Waals surface area contributed by atoms with Gasteiger partial charge in [-0.2, -0.15) is 0 Å². The van der Waals surface area contributed by atoms with E-state index in [-0.39, 0.29) is 17.2 Å². The number of amides is 1. The lowest BCUT2D eigenvalue weighted by Crippen LogP contribution is -2.01. The summed E-state index contributed by atoms with van der Waals surface area (Å²) in [6.45, 7) is 3.96. The van der Waals surface area contributed by atoms with Gasteiger partial charge in [-0.05, 0) is 11.8 Å². The van der Waals surface area contributed by atoms with Crippen LogP contribution in [-0.4, -0.2) is 12.0 Å². The van der Waals surface area contributed by atoms with E-state index in [4.69, 9.17) is 0 Å². The summed E-state index contributed by atoms with van der Waals surface area (Å²) < 4.78 is 0. The van der Waals surface area contributed by atoms with Crippen molar-refractivity contribution < 1.29 is 9.59 Å². The first-order valence-corrected chi connectivity index (χ1v) is 3.19. The fourth-order valence-corrected chi connectivity index (χ4v) is 1.01. The second-order valence-electron chi connectivity index (χ2n) is 3.29. The topological polar surface area (TPSA) is 46.5 Å². The molecule has 1 unspecified atom stereocenters. The van der Waals surface area contributed by atoms with Crippen LogP contribution in [0.2, 0.25) is 0 Å². The normalized spacial score (nSPS) is 26.8. The fraction of sp³-hybridized carbons (Fsp3) is 0.714. The van der Waals surface area contributed by atoms with Gasteiger partial charge in [0.15, 0.2) is 0 Å². The third-order valence-electron chi connectivity index (χ3n) is 1.97. The predicted octanol–water partition coefficient (Wildman–Crippen LogP) is 0.895. The molecule has 1 rings (SSSR count). The SMILES string of the molecule is CC1(C)CC1C(=O)N=C=O. The molecule has 10 heavy (non-hydrogen) atoms. The lowest BCUT2D eigenvalue weighted by molar-refractivity contribution is -0.119. The van der Waals surface area contributed by atoms with Gasteiger partial charge < -0.3 is 0 Å². The molecule has 1 atom stereocenters. The van der Waals surface area contributed by atoms with E-state index in [1.807, 2.05) is 13.8 Å². The Labute approximate surface area is 59.1 Å². The molecule has 1 amide bonds. The second-order valence-corrected chi connectivity index (χ2v) is 3.29. The van der Waals surface area contributed by atoms with Crippen molar-refractivity contribution >= 4 is 12.0 Å². The van der Waals surface area contributed by atoms with Crippen molar-refractivity contribution in [3.63, 3.8) is 0 Å². The zero-order valence-corrected chi connectivity index (χ0v) is 6.05. The Bertz CT molecular complexity index is 214. The number of carbonyl (C=O) groups excluding carboxylic acids is 2. The summed E-state index contributed by atoms with van der Waals surface area (Å²) in [5, 5.41) is 0. The Hall–Kier alpha value is -0.950. The zero-order chi connectivity index (χ0) is 7.78. The van der Waals surface area contributed by atoms with E-state index in [0.717, 1.165) is 6.42 Å². The largest absolute Gasteiger partial charge is 0.271 e. The minimum absolute atomic E-state index is 0.0334. The predicted molar refractivity (Wildman–Crippen MR) is 35.0 cm³/mol. The average molecular weight is 139 g/mol. The molecule has 0 aromatic carbocycles. The summed E-state index contributed by atoms with van der Waals surface area (Å²) in [6.07, 6.45) is 2.10. The molecular formula is C7H9NO2. The maximum absolute atomic E-state index is 10.8. The number of hydrogen-bond donors (Lipinski definition) is 0. The fourth-order valence-electron chi connectivity index (χ4n) is 1.01. The molecule has 0 aliphatic heterocycles. The Balaban J connectivity index is 2.56. The number of rotatable bonds is 1. The molecule has 0 saturated heterocycles. The van der Waals surface area contributed by atoms with Crippen LogP contribution in [-0.2, 0) is 9.59 Å². The smallest absolute Gasteiger partial charge is 0.260 e. The maximum Gasteiger partial charge on any atom is 0.260 e. The summed E-state index contributed by atoms with van der Waals surface area (Å²) >= 11 is 0. The Morgan fingerprint density at radius 3 is 2.50 bits per heavy atom. The summed E-state index contributed by atoms with van der Waals surface area (Å²) in [7, 11) is 0. The molecule has 54 valence electrons. The lowest BCUT2D eigenvalue weighted by atomic mass is 10.1. The van der Waals surface area contributed by atoms with Crippen LogP contribution in [0.3, 0.4) is 0 Å². The van der Waals surface area contributed by atoms with Crippen molar-refractivity contribution in [2.24, 2.45) is 16.3 Å². The molecular weight excluding hydrogens is 130 g/mol. The molecule has 0 N–H and O–H groups in total. The summed E-state index contributed by atoms with van der Waals surface area (Å²) in [6, 6.07) is 0. The van der Waals surface area contributed by atoms with Crippen molar-refractivity contribution in [1.82, 2.24) is 0 Å². The highest BCUT2D eigenvalue weighted by molar-refractivity contribution is 5.86. The molecule has 1 saturated carbocycles. The minimum atomic E-state index is -0.319. The third-order valence-corrected chi connectivity index (χ3v) is 1.97. The van der Waals surface area contributed by atoms with Gasteiger partial charge in [0, 0.05) is 5.92 Å². The Kier molecular flexibility index (Phi) is 1.45. The zero-order valence-electron chi connectivity index (χ0n) is 6.05. The molecule has 0 radical (unpaired) electrons. The van der Waals surface area contributed by atoms with Gasteiger partial charge in [0.1, 0.15) is 0 Å². The van der Waals surface area contributed by atoms with E-state index in [1.165, 1.54) is 6.08 Å². The van der Waals surface area contributed by atoms with Crippen LogP contribution in [0.25, 0.3) is 0 Å². The van der Waals surface area contributed by atoms with Crippen molar-refractivity contribution in [2.45, 2.75) is 20.3 Å². The lowest BCUT2D eigenvalue weighted by Gasteiger charge is -1.94. The number of carbonyl (C=O) groups is 1. The Morgan fingerprint density at radius 2 is 2.20 bits per heavy atom. The highest BCUT2D eigenvalue weighted by Gasteiger charge is 2.50. The van der Waals surface area contributed by atoms with Crippen LogP contribution >= 0.6 is 0 Å². The average Bonchev–Trinajstić information content (AvgIpc) is 2.41. The van der Waals surface area contributed by atoms with Gasteiger partial charge in [-0.3, -0.25) is 4.79 Å². The molecule has 0 aromatic heterocycles. The van der Waals surface area contributed by atoms with Crippen LogP contribution in [0.5, 0.6) is 0 Å². The number of hydrogen-bond acceptors (Lipinski definition) is 2. The Morgan fingerprint density at radius 1 is 1.70 bits per heavy atom. The molecule has 0 heterocycles. The van der Waals surface area contributed by atoms with Crippen molar-refractivity contribution in [3.8, 4) is 0 Å². The molecule has 0 bridgehead atoms. The van der Waals surface area contributed by atoms with E-state index in [0.29, 0.717) is 0 Å². The molecule has 1 fully saturated rings. The van der Waals surface area contributed by atoms with Crippen LogP contribution in [0.15, 0.2) is 4.99 Å². The van der Waals surface area contributed by atoms with Crippen LogP contribution < -0.4 is 0 Å². The molecule has 1 aliphatic carbocycles. The first kappa shape index (κ1) is 7.16. The number of isocyanates is 1. The molecule has 3 heteroatoms. The first-order chi connectivity index (χ1) is 4.58. The van der Waals surface area contributed by atoms with Gasteiger partial charge in [-0.1, -0.05) is 13.8 Å². The van der Waals surface area contributed by atoms with Gasteiger partial charge in [0.2, 0.25) is 6.08 Å². The van der Waals surface area contributed by atoms with Crippen LogP contribution in [0.4, 0.5) is 0 Å². The molecule has 0 spiro atoms. The van der Waals surface area contributed by atoms with E-state index in [2.05, 4.69) is 4.99 Å². The van der Waals surface area contributed by atoms with Gasteiger partial charge in [-0.25, -0.2) is 4.79 Å². The highest BCUT2D eigenvalue weighted by Crippen LogP contribution is 2.52. The van der Waals surface area contributed by atoms with Crippen molar-refractivity contribution in [1.29, 1.82) is 0 Å². The van der Waals surface area contributed by atoms with E-state index < -0.39 is 0 Å². The minimum Gasteiger partial charge on any atom is -0.271 e. The quantitative estimate of drug-likeness (QED) is 0.400. The number of aliphatic imine (C=N–C) groups is 1. The van der Waals surface area contributed by atoms with Gasteiger partial charge in [-0.15, -0.1) is 4.99 Å². The molecule has 1 aliphatic rings. The van der Waals surface area contributed by atoms with E-state index >= 15 is 0 Å². The van der Waals surface area contributed by atoms with E-state index in [1.54, 1.807) is 0 Å². The second kappa shape index (κ2) is 2.03. The summed E-state index contributed by atoms with van der Waals surface area (Å²) in [5.74, 6) is -0.353. The summed E-state index contributed by atoms with van der Waals surface area (Å²) in [4.78, 5) is 23.5. The standard InChI is InChI=1S/C7H9NO2/c1-7(2)3-5(7)6(10)8-4-9/h5H,3H2,1-2H3. The van der Waals surface area contributed by atoms with Crippen LogP contribution in [0.1, 0.15) is 20.3 Å². The molecule has 3 nitrogen and oxygen atoms in total. The number of nitrogens with zero attached hydrogens (tertiary/aromatic N) is 1. The third kappa shape index (κ3) is 1.14. The monoisotopic (exact) mass is 139 g/mol.